The zero-order chi connectivity index (χ0) is 10.8. The van der Waals surface area contributed by atoms with Gasteiger partial charge in [-0.05, 0) is 48.8 Å². The molecule has 0 N–H and O–H groups in total. The van der Waals surface area contributed by atoms with Crippen LogP contribution in [-0.4, -0.2) is 4.83 Å². The van der Waals surface area contributed by atoms with E-state index in [0.29, 0.717) is 0 Å². The van der Waals surface area contributed by atoms with Gasteiger partial charge in [-0.3, -0.25) is 0 Å². The Bertz CT molecular complexity index is 318. The van der Waals surface area contributed by atoms with Crippen LogP contribution in [0, 0.1) is 11.8 Å². The summed E-state index contributed by atoms with van der Waals surface area (Å²) in [5, 5.41) is 0. The van der Waals surface area contributed by atoms with Gasteiger partial charge in [0.25, 0.3) is 0 Å². The average molecular weight is 332 g/mol. The van der Waals surface area contributed by atoms with Crippen molar-refractivity contribution in [2.45, 2.75) is 31.0 Å². The Labute approximate surface area is 109 Å². The highest BCUT2D eigenvalue weighted by Gasteiger charge is 2.30. The van der Waals surface area contributed by atoms with E-state index in [1.807, 2.05) is 0 Å². The Morgan fingerprint density at radius 2 is 1.87 bits per heavy atom. The van der Waals surface area contributed by atoms with Crippen LogP contribution in [0.4, 0.5) is 0 Å². The van der Waals surface area contributed by atoms with Crippen LogP contribution in [0.15, 0.2) is 28.7 Å². The zero-order valence-electron chi connectivity index (χ0n) is 8.92. The number of benzene rings is 1. The summed E-state index contributed by atoms with van der Waals surface area (Å²) in [4.78, 5) is 0.734. The van der Waals surface area contributed by atoms with Crippen LogP contribution in [-0.2, 0) is 6.42 Å². The molecule has 0 saturated heterocycles. The minimum Gasteiger partial charge on any atom is -0.0888 e. The molecule has 0 nitrogen and oxygen atoms in total. The molecule has 0 bridgehead atoms. The van der Waals surface area contributed by atoms with Crippen molar-refractivity contribution in [3.05, 3.63) is 34.3 Å². The molecule has 1 fully saturated rings. The highest BCUT2D eigenvalue weighted by Crippen LogP contribution is 2.38. The molecule has 3 atom stereocenters. The number of halogens is 2. The average Bonchev–Trinajstić information content (AvgIpc) is 2.53. The maximum atomic E-state index is 3.76. The molecule has 1 aliphatic carbocycles. The molecule has 0 aliphatic heterocycles. The van der Waals surface area contributed by atoms with E-state index in [1.54, 1.807) is 0 Å². The molecule has 2 heteroatoms. The van der Waals surface area contributed by atoms with Crippen molar-refractivity contribution in [3.8, 4) is 0 Å². The van der Waals surface area contributed by atoms with Crippen LogP contribution in [0.25, 0.3) is 0 Å². The van der Waals surface area contributed by atoms with E-state index in [-0.39, 0.29) is 0 Å². The van der Waals surface area contributed by atoms with Gasteiger partial charge in [-0.1, -0.05) is 50.9 Å². The van der Waals surface area contributed by atoms with Gasteiger partial charge in [0.15, 0.2) is 0 Å². The number of rotatable bonds is 2. The summed E-state index contributed by atoms with van der Waals surface area (Å²) >= 11 is 7.23. The summed E-state index contributed by atoms with van der Waals surface area (Å²) in [6.45, 7) is 2.37. The molecule has 15 heavy (non-hydrogen) atoms. The second-order valence-corrected chi connectivity index (χ2v) is 6.63. The van der Waals surface area contributed by atoms with Gasteiger partial charge >= 0.3 is 0 Å². The molecule has 0 amide bonds. The third-order valence-corrected chi connectivity index (χ3v) is 5.36. The summed E-state index contributed by atoms with van der Waals surface area (Å²) in [5.41, 5.74) is 1.47. The van der Waals surface area contributed by atoms with Gasteiger partial charge in [0.05, 0.1) is 0 Å². The predicted octanol–water partition coefficient (Wildman–Crippen LogP) is 4.80. The lowest BCUT2D eigenvalue weighted by Gasteiger charge is -2.17. The first-order valence-corrected chi connectivity index (χ1v) is 7.26. The van der Waals surface area contributed by atoms with E-state index in [1.165, 1.54) is 29.3 Å². The molecule has 2 rings (SSSR count). The maximum Gasteiger partial charge on any atom is 0.0175 e. The minimum absolute atomic E-state index is 0.734. The van der Waals surface area contributed by atoms with E-state index in [9.17, 15) is 0 Å². The van der Waals surface area contributed by atoms with Crippen LogP contribution in [0.5, 0.6) is 0 Å². The maximum absolute atomic E-state index is 3.76. The minimum atomic E-state index is 0.734. The Morgan fingerprint density at radius 3 is 2.40 bits per heavy atom. The number of alkyl halides is 1. The molecule has 0 radical (unpaired) electrons. The standard InChI is InChI=1S/C13H16Br2/c1-9-11(4-7-13(9)15)8-10-2-5-12(14)6-3-10/h2-3,5-6,9,11,13H,4,7-8H2,1H3. The molecular weight excluding hydrogens is 316 g/mol. The lowest BCUT2D eigenvalue weighted by Crippen LogP contribution is -2.12. The van der Waals surface area contributed by atoms with Gasteiger partial charge < -0.3 is 0 Å². The fourth-order valence-corrected chi connectivity index (χ4v) is 3.37. The largest absolute Gasteiger partial charge is 0.0888 e. The molecule has 0 aromatic heterocycles. The van der Waals surface area contributed by atoms with E-state index in [0.717, 1.165) is 16.7 Å². The van der Waals surface area contributed by atoms with Gasteiger partial charge in [0.1, 0.15) is 0 Å². The van der Waals surface area contributed by atoms with Crippen molar-refractivity contribution in [1.29, 1.82) is 0 Å². The van der Waals surface area contributed by atoms with Gasteiger partial charge in [-0.15, -0.1) is 0 Å². The van der Waals surface area contributed by atoms with E-state index in [4.69, 9.17) is 0 Å². The Hall–Kier alpha value is 0.180. The lowest BCUT2D eigenvalue weighted by atomic mass is 9.91. The molecule has 3 unspecified atom stereocenters. The van der Waals surface area contributed by atoms with Crippen molar-refractivity contribution in [2.75, 3.05) is 0 Å². The van der Waals surface area contributed by atoms with Crippen LogP contribution in [0.1, 0.15) is 25.3 Å². The summed E-state index contributed by atoms with van der Waals surface area (Å²) < 4.78 is 1.17. The van der Waals surface area contributed by atoms with Crippen molar-refractivity contribution < 1.29 is 0 Å². The fourth-order valence-electron chi connectivity index (χ4n) is 2.41. The first kappa shape index (κ1) is 11.7. The molecular formula is C13H16Br2. The smallest absolute Gasteiger partial charge is 0.0175 e. The van der Waals surface area contributed by atoms with Crippen LogP contribution in [0.2, 0.25) is 0 Å². The van der Waals surface area contributed by atoms with E-state index < -0.39 is 0 Å². The van der Waals surface area contributed by atoms with Crippen molar-refractivity contribution in [2.24, 2.45) is 11.8 Å². The second-order valence-electron chi connectivity index (χ2n) is 4.54. The zero-order valence-corrected chi connectivity index (χ0v) is 12.1. The van der Waals surface area contributed by atoms with Crippen LogP contribution < -0.4 is 0 Å². The van der Waals surface area contributed by atoms with E-state index in [2.05, 4.69) is 63.0 Å². The Kier molecular flexibility index (Phi) is 3.89. The van der Waals surface area contributed by atoms with Crippen molar-refractivity contribution >= 4 is 31.9 Å². The quantitative estimate of drug-likeness (QED) is 0.683. The highest BCUT2D eigenvalue weighted by molar-refractivity contribution is 9.10. The molecule has 1 aromatic carbocycles. The Balaban J connectivity index is 2.00. The van der Waals surface area contributed by atoms with Gasteiger partial charge in [-0.2, -0.15) is 0 Å². The molecule has 0 spiro atoms. The first-order valence-electron chi connectivity index (χ1n) is 5.55. The molecule has 1 aromatic rings. The fraction of sp³-hybridized carbons (Fsp3) is 0.538. The van der Waals surface area contributed by atoms with Crippen LogP contribution in [0.3, 0.4) is 0 Å². The van der Waals surface area contributed by atoms with Crippen LogP contribution >= 0.6 is 31.9 Å². The molecule has 0 heterocycles. The molecule has 1 saturated carbocycles. The van der Waals surface area contributed by atoms with Crippen molar-refractivity contribution in [3.63, 3.8) is 0 Å². The second kappa shape index (κ2) is 5.01. The Morgan fingerprint density at radius 1 is 1.20 bits per heavy atom. The molecule has 82 valence electrons. The monoisotopic (exact) mass is 330 g/mol. The first-order chi connectivity index (χ1) is 7.16. The van der Waals surface area contributed by atoms with Gasteiger partial charge in [0, 0.05) is 9.30 Å². The predicted molar refractivity (Wildman–Crippen MR) is 72.4 cm³/mol. The van der Waals surface area contributed by atoms with Gasteiger partial charge in [0.2, 0.25) is 0 Å². The number of hydrogen-bond acceptors (Lipinski definition) is 0. The highest BCUT2D eigenvalue weighted by atomic mass is 79.9. The summed E-state index contributed by atoms with van der Waals surface area (Å²) in [6.07, 6.45) is 3.94. The SMILES string of the molecule is CC1C(Br)CCC1Cc1ccc(Br)cc1. The summed E-state index contributed by atoms with van der Waals surface area (Å²) in [7, 11) is 0. The van der Waals surface area contributed by atoms with Gasteiger partial charge in [-0.25, -0.2) is 0 Å². The lowest BCUT2D eigenvalue weighted by molar-refractivity contribution is 0.423. The topological polar surface area (TPSA) is 0 Å². The molecule has 1 aliphatic rings. The number of hydrogen-bond donors (Lipinski definition) is 0. The summed E-state index contributed by atoms with van der Waals surface area (Å²) in [6, 6.07) is 8.75. The summed E-state index contributed by atoms with van der Waals surface area (Å²) in [5.74, 6) is 1.67. The third-order valence-electron chi connectivity index (χ3n) is 3.54. The van der Waals surface area contributed by atoms with Crippen molar-refractivity contribution in [1.82, 2.24) is 0 Å². The third kappa shape index (κ3) is 2.85. The normalized spacial score (nSPS) is 30.7. The van der Waals surface area contributed by atoms with E-state index >= 15 is 0 Å².